The van der Waals surface area contributed by atoms with Crippen LogP contribution in [0, 0.1) is 0 Å². The van der Waals surface area contributed by atoms with E-state index in [0.717, 1.165) is 16.1 Å². The van der Waals surface area contributed by atoms with Gasteiger partial charge in [-0.2, -0.15) is 0 Å². The van der Waals surface area contributed by atoms with Crippen molar-refractivity contribution in [2.45, 2.75) is 0 Å². The first-order chi connectivity index (χ1) is 13.8. The Kier molecular flexibility index (Phi) is 3.37. The number of H-pyrrole nitrogens is 1. The van der Waals surface area contributed by atoms with Gasteiger partial charge in [0, 0.05) is 27.4 Å². The average molecular weight is 376 g/mol. The Morgan fingerprint density at radius 1 is 0.607 bits per heavy atom. The van der Waals surface area contributed by atoms with E-state index in [0.29, 0.717) is 0 Å². The number of rotatable bonds is 2. The Labute approximate surface area is 166 Å². The number of fused-ring (bicyclic) bond motifs is 4. The number of nitrogens with one attached hydrogen (secondary N) is 1. The predicted octanol–water partition coefficient (Wildman–Crippen LogP) is 7.26. The molecule has 2 heterocycles. The van der Waals surface area contributed by atoms with Gasteiger partial charge >= 0.3 is 0 Å². The first kappa shape index (κ1) is 15.6. The molecule has 0 amide bonds. The van der Waals surface area contributed by atoms with E-state index in [1.807, 2.05) is 6.07 Å². The van der Waals surface area contributed by atoms with Crippen molar-refractivity contribution in [3.63, 3.8) is 0 Å². The summed E-state index contributed by atoms with van der Waals surface area (Å²) in [4.78, 5) is 8.26. The molecule has 2 aromatic heterocycles. The van der Waals surface area contributed by atoms with Crippen molar-refractivity contribution in [2.24, 2.45) is 0 Å². The third kappa shape index (κ3) is 2.44. The molecule has 28 heavy (non-hydrogen) atoms. The zero-order valence-electron chi connectivity index (χ0n) is 15.0. The molecule has 6 rings (SSSR count). The third-order valence-electron chi connectivity index (χ3n) is 5.27. The quantitative estimate of drug-likeness (QED) is 0.338. The number of hydrogen-bond donors (Lipinski definition) is 1. The summed E-state index contributed by atoms with van der Waals surface area (Å²) in [5.41, 5.74) is 7.04. The smallest absolute Gasteiger partial charge is 0.124 e. The normalized spacial score (nSPS) is 11.6. The summed E-state index contributed by atoms with van der Waals surface area (Å²) in [6, 6.07) is 32.1. The van der Waals surface area contributed by atoms with Gasteiger partial charge in [0.05, 0.1) is 10.2 Å². The molecule has 0 atom stereocenters. The van der Waals surface area contributed by atoms with Crippen molar-refractivity contribution in [2.75, 3.05) is 0 Å². The van der Waals surface area contributed by atoms with Crippen LogP contribution in [0.4, 0.5) is 0 Å². The summed E-state index contributed by atoms with van der Waals surface area (Å²) in [5.74, 6) is 0. The molecule has 3 heteroatoms. The van der Waals surface area contributed by atoms with Gasteiger partial charge in [-0.1, -0.05) is 60.7 Å². The number of hydrogen-bond acceptors (Lipinski definition) is 2. The van der Waals surface area contributed by atoms with E-state index < -0.39 is 0 Å². The second kappa shape index (κ2) is 6.04. The predicted molar refractivity (Wildman–Crippen MR) is 120 cm³/mol. The highest BCUT2D eigenvalue weighted by atomic mass is 32.1. The summed E-state index contributed by atoms with van der Waals surface area (Å²) in [6.45, 7) is 0. The molecule has 0 bridgehead atoms. The van der Waals surface area contributed by atoms with Crippen molar-refractivity contribution in [3.05, 3.63) is 91.0 Å². The van der Waals surface area contributed by atoms with Gasteiger partial charge in [-0.15, -0.1) is 11.3 Å². The van der Waals surface area contributed by atoms with Crippen LogP contribution in [-0.4, -0.2) is 9.97 Å². The van der Waals surface area contributed by atoms with Gasteiger partial charge in [-0.3, -0.25) is 0 Å². The van der Waals surface area contributed by atoms with E-state index in [1.54, 1.807) is 11.3 Å². The molecule has 0 aliphatic heterocycles. The summed E-state index contributed by atoms with van der Waals surface area (Å²) in [5, 5.41) is 3.61. The monoisotopic (exact) mass is 376 g/mol. The van der Waals surface area contributed by atoms with Gasteiger partial charge in [0.2, 0.25) is 0 Å². The van der Waals surface area contributed by atoms with Gasteiger partial charge in [-0.05, 0) is 41.5 Å². The molecule has 0 fully saturated rings. The van der Waals surface area contributed by atoms with Crippen LogP contribution in [0.1, 0.15) is 0 Å². The number of nitrogens with zero attached hydrogens (tertiary/aromatic N) is 1. The standard InChI is InChI=1S/C25H16N2S/c1-2-6-21-19(5-1)20-15-18(13-14-22(20)26-21)16-9-11-17(12-10-16)25-27-23-7-3-4-8-24(23)28-25/h1-15,26H. The second-order valence-corrected chi connectivity index (χ2v) is 8.03. The maximum absolute atomic E-state index is 4.77. The summed E-state index contributed by atoms with van der Waals surface area (Å²) >= 11 is 1.74. The fourth-order valence-electron chi connectivity index (χ4n) is 3.83. The van der Waals surface area contributed by atoms with Crippen LogP contribution in [0.2, 0.25) is 0 Å². The second-order valence-electron chi connectivity index (χ2n) is 7.00. The van der Waals surface area contributed by atoms with E-state index in [4.69, 9.17) is 4.98 Å². The molecular weight excluding hydrogens is 360 g/mol. The highest BCUT2D eigenvalue weighted by Gasteiger charge is 2.08. The van der Waals surface area contributed by atoms with Crippen LogP contribution < -0.4 is 0 Å². The van der Waals surface area contributed by atoms with Gasteiger partial charge in [-0.25, -0.2) is 4.98 Å². The first-order valence-electron chi connectivity index (χ1n) is 9.32. The number of benzene rings is 4. The number of aromatic amines is 1. The van der Waals surface area contributed by atoms with E-state index >= 15 is 0 Å². The Morgan fingerprint density at radius 3 is 2.21 bits per heavy atom. The van der Waals surface area contributed by atoms with E-state index in [-0.39, 0.29) is 0 Å². The summed E-state index contributed by atoms with van der Waals surface area (Å²) in [7, 11) is 0. The fourth-order valence-corrected chi connectivity index (χ4v) is 4.80. The van der Waals surface area contributed by atoms with Crippen molar-refractivity contribution >= 4 is 43.4 Å². The number of thiazole rings is 1. The van der Waals surface area contributed by atoms with Gasteiger partial charge in [0.1, 0.15) is 5.01 Å². The average Bonchev–Trinajstić information content (AvgIpc) is 3.35. The lowest BCUT2D eigenvalue weighted by Gasteiger charge is -2.04. The van der Waals surface area contributed by atoms with Crippen LogP contribution in [-0.2, 0) is 0 Å². The maximum atomic E-state index is 4.77. The minimum Gasteiger partial charge on any atom is -0.355 e. The molecule has 0 saturated carbocycles. The Balaban J connectivity index is 1.42. The van der Waals surface area contributed by atoms with Crippen LogP contribution in [0.25, 0.3) is 53.7 Å². The van der Waals surface area contributed by atoms with Gasteiger partial charge in [0.15, 0.2) is 0 Å². The lowest BCUT2D eigenvalue weighted by Crippen LogP contribution is -1.80. The van der Waals surface area contributed by atoms with E-state index in [2.05, 4.69) is 89.9 Å². The molecule has 0 saturated heterocycles. The molecule has 0 aliphatic carbocycles. The van der Waals surface area contributed by atoms with Crippen molar-refractivity contribution < 1.29 is 0 Å². The Bertz CT molecular complexity index is 1420. The molecule has 2 nitrogen and oxygen atoms in total. The van der Waals surface area contributed by atoms with Crippen LogP contribution >= 0.6 is 11.3 Å². The molecule has 6 aromatic rings. The lowest BCUT2D eigenvalue weighted by atomic mass is 10.0. The van der Waals surface area contributed by atoms with Gasteiger partial charge < -0.3 is 4.98 Å². The van der Waals surface area contributed by atoms with Crippen molar-refractivity contribution in [3.8, 4) is 21.7 Å². The molecule has 0 radical (unpaired) electrons. The Morgan fingerprint density at radius 2 is 1.32 bits per heavy atom. The summed E-state index contributed by atoms with van der Waals surface area (Å²) in [6.07, 6.45) is 0. The molecular formula is C25H16N2S. The number of para-hydroxylation sites is 2. The van der Waals surface area contributed by atoms with Crippen LogP contribution in [0.3, 0.4) is 0 Å². The largest absolute Gasteiger partial charge is 0.355 e. The molecule has 132 valence electrons. The zero-order chi connectivity index (χ0) is 18.5. The lowest BCUT2D eigenvalue weighted by molar-refractivity contribution is 1.48. The van der Waals surface area contributed by atoms with Crippen LogP contribution in [0.5, 0.6) is 0 Å². The molecule has 0 unspecified atom stereocenters. The van der Waals surface area contributed by atoms with Crippen molar-refractivity contribution in [1.82, 2.24) is 9.97 Å². The minimum absolute atomic E-state index is 1.07. The maximum Gasteiger partial charge on any atom is 0.124 e. The topological polar surface area (TPSA) is 28.7 Å². The van der Waals surface area contributed by atoms with Crippen LogP contribution in [0.15, 0.2) is 91.0 Å². The number of aromatic nitrogens is 2. The molecule has 0 spiro atoms. The van der Waals surface area contributed by atoms with E-state index in [1.165, 1.54) is 37.6 Å². The third-order valence-corrected chi connectivity index (χ3v) is 6.35. The summed E-state index contributed by atoms with van der Waals surface area (Å²) < 4.78 is 1.23. The molecule has 4 aromatic carbocycles. The zero-order valence-corrected chi connectivity index (χ0v) is 15.8. The SMILES string of the molecule is c1ccc2sc(-c3ccc(-c4ccc5[nH]c6ccccc6c5c4)cc3)nc2c1. The molecule has 0 aliphatic rings. The Hall–Kier alpha value is -3.43. The van der Waals surface area contributed by atoms with Gasteiger partial charge in [0.25, 0.3) is 0 Å². The minimum atomic E-state index is 1.07. The highest BCUT2D eigenvalue weighted by Crippen LogP contribution is 2.33. The van der Waals surface area contributed by atoms with E-state index in [9.17, 15) is 0 Å². The van der Waals surface area contributed by atoms with Crippen molar-refractivity contribution in [1.29, 1.82) is 0 Å². The highest BCUT2D eigenvalue weighted by molar-refractivity contribution is 7.21. The fraction of sp³-hybridized carbons (Fsp3) is 0. The first-order valence-corrected chi connectivity index (χ1v) is 10.1. The molecule has 1 N–H and O–H groups in total.